The van der Waals surface area contributed by atoms with Crippen LogP contribution in [-0.4, -0.2) is 37.3 Å². The van der Waals surface area contributed by atoms with E-state index in [0.29, 0.717) is 32.0 Å². The molecule has 0 aliphatic carbocycles. The van der Waals surface area contributed by atoms with Gasteiger partial charge in [0.15, 0.2) is 6.29 Å². The number of nitrogens with zero attached hydrogens (tertiary/aromatic N) is 1. The lowest BCUT2D eigenvalue weighted by molar-refractivity contribution is -0.330. The summed E-state index contributed by atoms with van der Waals surface area (Å²) in [6.07, 6.45) is -3.26. The van der Waals surface area contributed by atoms with Gasteiger partial charge >= 0.3 is 0 Å². The number of ether oxygens (including phenoxy) is 6. The van der Waals surface area contributed by atoms with Crippen molar-refractivity contribution in [2.75, 3.05) is 6.61 Å². The van der Waals surface area contributed by atoms with Gasteiger partial charge in [-0.25, -0.2) is 0 Å². The lowest BCUT2D eigenvalue weighted by Crippen LogP contribution is -2.61. The number of rotatable bonds is 16. The third kappa shape index (κ3) is 9.94. The lowest BCUT2D eigenvalue weighted by Gasteiger charge is -2.46. The van der Waals surface area contributed by atoms with Crippen molar-refractivity contribution in [2.45, 2.75) is 63.7 Å². The van der Waals surface area contributed by atoms with Gasteiger partial charge in [-0.2, -0.15) is 5.26 Å². The maximum Gasteiger partial charge on any atom is 0.187 e. The number of hydrogen-bond donors (Lipinski definition) is 0. The molecule has 5 aromatic carbocycles. The van der Waals surface area contributed by atoms with Crippen LogP contribution in [0.3, 0.4) is 0 Å². The topological polar surface area (TPSA) is 79.2 Å². The summed E-state index contributed by atoms with van der Waals surface area (Å²) in [5.41, 5.74) is 5.42. The van der Waals surface area contributed by atoms with Crippen molar-refractivity contribution in [1.29, 1.82) is 5.26 Å². The van der Waals surface area contributed by atoms with E-state index in [2.05, 4.69) is 6.07 Å². The van der Waals surface area contributed by atoms with E-state index in [1.165, 1.54) is 0 Å². The Balaban J connectivity index is 1.31. The molecule has 7 heteroatoms. The minimum absolute atomic E-state index is 0.161. The van der Waals surface area contributed by atoms with E-state index in [-0.39, 0.29) is 13.2 Å². The minimum atomic E-state index is -0.822. The molecule has 49 heavy (non-hydrogen) atoms. The second-order valence-corrected chi connectivity index (χ2v) is 11.9. The first-order valence-electron chi connectivity index (χ1n) is 16.6. The van der Waals surface area contributed by atoms with Crippen molar-refractivity contribution in [2.24, 2.45) is 0 Å². The summed E-state index contributed by atoms with van der Waals surface area (Å²) < 4.78 is 39.7. The molecule has 5 atom stereocenters. The fourth-order valence-corrected chi connectivity index (χ4v) is 5.81. The number of benzene rings is 5. The van der Waals surface area contributed by atoms with E-state index in [9.17, 15) is 5.26 Å². The van der Waals surface area contributed by atoms with Crippen LogP contribution in [0.2, 0.25) is 0 Å². The fourth-order valence-electron chi connectivity index (χ4n) is 5.81. The van der Waals surface area contributed by atoms with Crippen LogP contribution in [0, 0.1) is 11.3 Å². The Kier molecular flexibility index (Phi) is 12.7. The molecule has 0 spiro atoms. The Morgan fingerprint density at radius 3 is 1.47 bits per heavy atom. The fraction of sp³-hybridized carbons (Fsp3) is 0.262. The first kappa shape index (κ1) is 34.2. The van der Waals surface area contributed by atoms with Crippen LogP contribution in [0.15, 0.2) is 146 Å². The molecule has 1 heterocycles. The van der Waals surface area contributed by atoms with Gasteiger partial charge in [0.1, 0.15) is 24.4 Å². The van der Waals surface area contributed by atoms with Gasteiger partial charge in [-0.15, -0.1) is 0 Å². The van der Waals surface area contributed by atoms with Crippen LogP contribution >= 0.6 is 0 Å². The van der Waals surface area contributed by atoms with Crippen molar-refractivity contribution >= 4 is 0 Å². The van der Waals surface area contributed by atoms with E-state index in [4.69, 9.17) is 28.4 Å². The molecule has 1 fully saturated rings. The average Bonchev–Trinajstić information content (AvgIpc) is 3.17. The quantitative estimate of drug-likeness (QED) is 0.107. The highest BCUT2D eigenvalue weighted by Crippen LogP contribution is 2.32. The maximum absolute atomic E-state index is 9.79. The van der Waals surface area contributed by atoms with Gasteiger partial charge < -0.3 is 28.4 Å². The van der Waals surface area contributed by atoms with Gasteiger partial charge in [0.2, 0.25) is 0 Å². The van der Waals surface area contributed by atoms with Crippen LogP contribution < -0.4 is 0 Å². The molecule has 0 aromatic heterocycles. The van der Waals surface area contributed by atoms with E-state index >= 15 is 0 Å². The SMILES string of the molecule is N#Cc1ccccc1CO[C@H]1[C@H](OCc2ccccc2)O[C@H](COCc2ccccc2)[C@@H](OCc2ccccc2)[C@@H]1OCc1ccccc1. The predicted octanol–water partition coefficient (Wildman–Crippen LogP) is 7.77. The molecule has 5 aromatic rings. The van der Waals surface area contributed by atoms with Gasteiger partial charge in [-0.3, -0.25) is 0 Å². The third-order valence-corrected chi connectivity index (χ3v) is 8.38. The van der Waals surface area contributed by atoms with Gasteiger partial charge in [-0.05, 0) is 33.9 Å². The average molecular weight is 656 g/mol. The van der Waals surface area contributed by atoms with Gasteiger partial charge in [0.05, 0.1) is 51.3 Å². The van der Waals surface area contributed by atoms with Crippen molar-refractivity contribution in [3.8, 4) is 6.07 Å². The summed E-state index contributed by atoms with van der Waals surface area (Å²) >= 11 is 0. The molecule has 6 rings (SSSR count). The zero-order chi connectivity index (χ0) is 33.5. The molecule has 250 valence electrons. The Labute approximate surface area is 288 Å². The molecule has 1 aliphatic heterocycles. The summed E-state index contributed by atoms with van der Waals surface area (Å²) in [6, 6.07) is 49.7. The summed E-state index contributed by atoms with van der Waals surface area (Å²) in [6.45, 7) is 1.80. The summed E-state index contributed by atoms with van der Waals surface area (Å²) in [7, 11) is 0. The highest BCUT2D eigenvalue weighted by Gasteiger charge is 2.49. The van der Waals surface area contributed by atoms with Crippen LogP contribution in [-0.2, 0) is 61.5 Å². The van der Waals surface area contributed by atoms with Crippen LogP contribution in [0.4, 0.5) is 0 Å². The van der Waals surface area contributed by atoms with Gasteiger partial charge in [0, 0.05) is 0 Å². The minimum Gasteiger partial charge on any atom is -0.374 e. The molecule has 0 amide bonds. The molecule has 1 aliphatic rings. The van der Waals surface area contributed by atoms with Crippen LogP contribution in [0.1, 0.15) is 33.4 Å². The highest BCUT2D eigenvalue weighted by atomic mass is 16.7. The van der Waals surface area contributed by atoms with Crippen LogP contribution in [0.5, 0.6) is 0 Å². The number of nitriles is 1. The first-order valence-corrected chi connectivity index (χ1v) is 16.6. The predicted molar refractivity (Wildman–Crippen MR) is 186 cm³/mol. The Morgan fingerprint density at radius 1 is 0.469 bits per heavy atom. The molecule has 1 saturated heterocycles. The van der Waals surface area contributed by atoms with E-state index in [1.54, 1.807) is 6.07 Å². The van der Waals surface area contributed by atoms with E-state index < -0.39 is 30.7 Å². The first-order chi connectivity index (χ1) is 24.3. The molecule has 0 radical (unpaired) electrons. The summed E-state index contributed by atoms with van der Waals surface area (Å²) in [4.78, 5) is 0. The smallest absolute Gasteiger partial charge is 0.187 e. The van der Waals surface area contributed by atoms with Crippen molar-refractivity contribution in [3.63, 3.8) is 0 Å². The maximum atomic E-state index is 9.79. The summed E-state index contributed by atoms with van der Waals surface area (Å²) in [5.74, 6) is 0. The normalized spacial score (nSPS) is 20.4. The molecule has 0 unspecified atom stereocenters. The number of hydrogen-bond acceptors (Lipinski definition) is 7. The molecular formula is C42H41NO6. The van der Waals surface area contributed by atoms with Crippen molar-refractivity contribution in [1.82, 2.24) is 0 Å². The molecule has 7 nitrogen and oxygen atoms in total. The molecular weight excluding hydrogens is 614 g/mol. The van der Waals surface area contributed by atoms with E-state index in [0.717, 1.165) is 27.8 Å². The zero-order valence-electron chi connectivity index (χ0n) is 27.4. The monoisotopic (exact) mass is 655 g/mol. The Bertz CT molecular complexity index is 1710. The largest absolute Gasteiger partial charge is 0.374 e. The standard InChI is InChI=1S/C42H41NO6/c43-25-36-23-13-14-24-37(36)30-47-41-40(46-28-34-19-9-3-10-20-34)39(45-27-33-17-7-2-8-18-33)38(31-44-26-32-15-5-1-6-16-32)49-42(41)48-29-35-21-11-4-12-22-35/h1-24,38-42H,26-31H2/t38-,39-,40+,41-,42-/m1/s1. The summed E-state index contributed by atoms with van der Waals surface area (Å²) in [5, 5.41) is 9.79. The Hall–Kier alpha value is -4.65. The molecule has 0 saturated carbocycles. The zero-order valence-corrected chi connectivity index (χ0v) is 27.4. The highest BCUT2D eigenvalue weighted by molar-refractivity contribution is 5.36. The van der Waals surface area contributed by atoms with Crippen molar-refractivity contribution in [3.05, 3.63) is 179 Å². The van der Waals surface area contributed by atoms with Gasteiger partial charge in [0.25, 0.3) is 0 Å². The van der Waals surface area contributed by atoms with Crippen molar-refractivity contribution < 1.29 is 28.4 Å². The second kappa shape index (κ2) is 18.2. The van der Waals surface area contributed by atoms with E-state index in [1.807, 2.05) is 140 Å². The van der Waals surface area contributed by atoms with Gasteiger partial charge in [-0.1, -0.05) is 140 Å². The Morgan fingerprint density at radius 2 is 0.918 bits per heavy atom. The second-order valence-electron chi connectivity index (χ2n) is 11.9. The molecule has 0 bridgehead atoms. The third-order valence-electron chi connectivity index (χ3n) is 8.38. The lowest BCUT2D eigenvalue weighted by atomic mass is 9.97. The van der Waals surface area contributed by atoms with Crippen LogP contribution in [0.25, 0.3) is 0 Å². The molecule has 0 N–H and O–H groups in total.